The third kappa shape index (κ3) is 19.1. The van der Waals surface area contributed by atoms with E-state index >= 15 is 0 Å². The molecule has 0 fully saturated rings. The van der Waals surface area contributed by atoms with Crippen LogP contribution >= 0.6 is 0 Å². The molecule has 1 aromatic carbocycles. The zero-order valence-corrected chi connectivity index (χ0v) is 21.7. The number of carbonyl (C=O) groups excluding carboxylic acids is 1. The van der Waals surface area contributed by atoms with E-state index in [0.717, 1.165) is 37.8 Å². The Balaban J connectivity index is 1.84. The fourth-order valence-corrected chi connectivity index (χ4v) is 3.91. The number of carbonyl (C=O) groups is 1. The van der Waals surface area contributed by atoms with Crippen molar-refractivity contribution in [2.24, 2.45) is 0 Å². The molecule has 1 amide bonds. The first kappa shape index (κ1) is 29.6. The van der Waals surface area contributed by atoms with Crippen molar-refractivity contribution in [2.45, 2.75) is 129 Å². The fraction of sp³-hybridized carbons (Fsp3) is 0.645. The maximum atomic E-state index is 11.9. The van der Waals surface area contributed by atoms with Crippen LogP contribution in [0.15, 0.2) is 24.3 Å². The molecule has 0 atom stereocenters. The first-order valence-electron chi connectivity index (χ1n) is 13.8. The van der Waals surface area contributed by atoms with Crippen molar-refractivity contribution >= 4 is 17.3 Å². The van der Waals surface area contributed by atoms with E-state index in [9.17, 15) is 4.79 Å². The van der Waals surface area contributed by atoms with E-state index in [1.807, 2.05) is 12.1 Å². The van der Waals surface area contributed by atoms with Gasteiger partial charge in [0.25, 0.3) is 0 Å². The van der Waals surface area contributed by atoms with Crippen LogP contribution in [0, 0.1) is 23.7 Å². The summed E-state index contributed by atoms with van der Waals surface area (Å²) in [5.74, 6) is 12.5. The summed E-state index contributed by atoms with van der Waals surface area (Å²) in [6, 6.07) is 7.26. The largest absolute Gasteiger partial charge is 0.399 e. The van der Waals surface area contributed by atoms with Gasteiger partial charge in [-0.3, -0.25) is 4.79 Å². The van der Waals surface area contributed by atoms with Gasteiger partial charge in [0.05, 0.1) is 0 Å². The lowest BCUT2D eigenvalue weighted by atomic mass is 10.1. The third-order valence-corrected chi connectivity index (χ3v) is 6.04. The molecule has 3 nitrogen and oxygen atoms in total. The summed E-state index contributed by atoms with van der Waals surface area (Å²) in [5.41, 5.74) is 7.17. The van der Waals surface area contributed by atoms with Crippen LogP contribution < -0.4 is 11.1 Å². The fourth-order valence-electron chi connectivity index (χ4n) is 3.91. The van der Waals surface area contributed by atoms with Gasteiger partial charge in [0.15, 0.2) is 0 Å². The minimum absolute atomic E-state index is 0.0781. The molecule has 0 saturated heterocycles. The monoisotopic (exact) mass is 464 g/mol. The third-order valence-electron chi connectivity index (χ3n) is 6.04. The van der Waals surface area contributed by atoms with Gasteiger partial charge in [-0.05, 0) is 55.4 Å². The van der Waals surface area contributed by atoms with Crippen LogP contribution in [-0.2, 0) is 4.79 Å². The van der Waals surface area contributed by atoms with E-state index in [1.54, 1.807) is 12.1 Å². The van der Waals surface area contributed by atoms with E-state index in [4.69, 9.17) is 5.73 Å². The molecule has 0 aliphatic heterocycles. The van der Waals surface area contributed by atoms with Crippen molar-refractivity contribution in [3.63, 3.8) is 0 Å². The summed E-state index contributed by atoms with van der Waals surface area (Å²) < 4.78 is 0. The number of nitrogen functional groups attached to an aromatic ring is 1. The second-order valence-electron chi connectivity index (χ2n) is 9.33. The van der Waals surface area contributed by atoms with Gasteiger partial charge in [0.1, 0.15) is 0 Å². The second kappa shape index (κ2) is 22.4. The van der Waals surface area contributed by atoms with Gasteiger partial charge in [-0.25, -0.2) is 0 Å². The molecule has 0 unspecified atom stereocenters. The molecule has 1 aromatic rings. The average Bonchev–Trinajstić information content (AvgIpc) is 2.84. The SMILES string of the molecule is CCCCCCCCCCCCC#CC#CCCCCCCCCC(=O)Nc1ccc(N)cc1. The van der Waals surface area contributed by atoms with E-state index in [1.165, 1.54) is 83.5 Å². The lowest BCUT2D eigenvalue weighted by Crippen LogP contribution is -2.10. The normalized spacial score (nSPS) is 10.1. The van der Waals surface area contributed by atoms with Gasteiger partial charge in [0, 0.05) is 30.6 Å². The number of nitrogens with one attached hydrogen (secondary N) is 1. The predicted molar refractivity (Wildman–Crippen MR) is 148 cm³/mol. The Kier molecular flexibility index (Phi) is 19.5. The quantitative estimate of drug-likeness (QED) is 0.122. The number of hydrogen-bond donors (Lipinski definition) is 2. The molecule has 3 N–H and O–H groups in total. The number of nitrogens with two attached hydrogens (primary N) is 1. The van der Waals surface area contributed by atoms with Gasteiger partial charge in [-0.2, -0.15) is 0 Å². The minimum Gasteiger partial charge on any atom is -0.399 e. The zero-order chi connectivity index (χ0) is 24.5. The molecule has 3 heteroatoms. The van der Waals surface area contributed by atoms with Crippen LogP contribution in [0.2, 0.25) is 0 Å². The lowest BCUT2D eigenvalue weighted by Gasteiger charge is -2.05. The Morgan fingerprint density at radius 3 is 1.62 bits per heavy atom. The molecular weight excluding hydrogens is 416 g/mol. The van der Waals surface area contributed by atoms with E-state index < -0.39 is 0 Å². The lowest BCUT2D eigenvalue weighted by molar-refractivity contribution is -0.116. The second-order valence-corrected chi connectivity index (χ2v) is 9.33. The number of rotatable bonds is 19. The summed E-state index contributed by atoms with van der Waals surface area (Å²) in [6.07, 6.45) is 23.0. The average molecular weight is 465 g/mol. The van der Waals surface area contributed by atoms with E-state index in [-0.39, 0.29) is 5.91 Å². The van der Waals surface area contributed by atoms with Gasteiger partial charge >= 0.3 is 0 Å². The number of benzene rings is 1. The topological polar surface area (TPSA) is 55.1 Å². The van der Waals surface area contributed by atoms with Crippen LogP contribution in [0.4, 0.5) is 11.4 Å². The summed E-state index contributed by atoms with van der Waals surface area (Å²) in [7, 11) is 0. The number of unbranched alkanes of at least 4 members (excludes halogenated alkanes) is 16. The van der Waals surface area contributed by atoms with Crippen LogP contribution in [0.3, 0.4) is 0 Å². The molecule has 34 heavy (non-hydrogen) atoms. The van der Waals surface area contributed by atoms with Gasteiger partial charge in [0.2, 0.25) is 5.91 Å². The molecule has 0 bridgehead atoms. The maximum Gasteiger partial charge on any atom is 0.224 e. The van der Waals surface area contributed by atoms with Crippen molar-refractivity contribution in [1.82, 2.24) is 0 Å². The summed E-state index contributed by atoms with van der Waals surface area (Å²) in [4.78, 5) is 11.9. The van der Waals surface area contributed by atoms with Crippen LogP contribution in [-0.4, -0.2) is 5.91 Å². The molecule has 0 spiro atoms. The smallest absolute Gasteiger partial charge is 0.224 e. The summed E-state index contributed by atoms with van der Waals surface area (Å²) in [5, 5.41) is 2.91. The Hall–Kier alpha value is -2.39. The number of amides is 1. The van der Waals surface area contributed by atoms with E-state index in [0.29, 0.717) is 12.1 Å². The molecule has 0 radical (unpaired) electrons. The molecule has 0 aromatic heterocycles. The Morgan fingerprint density at radius 2 is 1.12 bits per heavy atom. The molecule has 188 valence electrons. The van der Waals surface area contributed by atoms with Crippen LogP contribution in [0.25, 0.3) is 0 Å². The van der Waals surface area contributed by atoms with Gasteiger partial charge < -0.3 is 11.1 Å². The minimum atomic E-state index is 0.0781. The first-order chi connectivity index (χ1) is 16.7. The zero-order valence-electron chi connectivity index (χ0n) is 21.7. The maximum absolute atomic E-state index is 11.9. The molecule has 0 aliphatic rings. The van der Waals surface area contributed by atoms with Crippen molar-refractivity contribution in [2.75, 3.05) is 11.1 Å². The van der Waals surface area contributed by atoms with Crippen molar-refractivity contribution in [3.05, 3.63) is 24.3 Å². The number of anilines is 2. The highest BCUT2D eigenvalue weighted by atomic mass is 16.1. The Morgan fingerprint density at radius 1 is 0.676 bits per heavy atom. The van der Waals surface area contributed by atoms with Crippen molar-refractivity contribution in [3.8, 4) is 23.7 Å². The number of hydrogen-bond acceptors (Lipinski definition) is 2. The highest BCUT2D eigenvalue weighted by Crippen LogP contribution is 2.13. The highest BCUT2D eigenvalue weighted by Gasteiger charge is 2.02. The highest BCUT2D eigenvalue weighted by molar-refractivity contribution is 5.90. The summed E-state index contributed by atoms with van der Waals surface area (Å²) in [6.45, 7) is 2.27. The van der Waals surface area contributed by atoms with Crippen molar-refractivity contribution in [1.29, 1.82) is 0 Å². The standard InChI is InChI=1S/C31H48N2O/c1-2-3-4-5-6-7-8-9-10-11-12-13-14-15-16-17-18-19-20-21-22-23-24-31(34)33-30-27-25-29(32)26-28-30/h25-28H,2-12,17-24,32H2,1H3,(H,33,34). The van der Waals surface area contributed by atoms with E-state index in [2.05, 4.69) is 35.9 Å². The molecule has 0 saturated carbocycles. The molecule has 0 heterocycles. The van der Waals surface area contributed by atoms with Crippen molar-refractivity contribution < 1.29 is 4.79 Å². The van der Waals surface area contributed by atoms with Crippen LogP contribution in [0.1, 0.15) is 129 Å². The molecule has 1 rings (SSSR count). The first-order valence-corrected chi connectivity index (χ1v) is 13.8. The molecular formula is C31H48N2O. The Bertz CT molecular complexity index is 746. The Labute approximate surface area is 210 Å². The molecule has 0 aliphatic carbocycles. The van der Waals surface area contributed by atoms with Gasteiger partial charge in [-0.15, -0.1) is 0 Å². The summed E-state index contributed by atoms with van der Waals surface area (Å²) >= 11 is 0. The predicted octanol–water partition coefficient (Wildman–Crippen LogP) is 8.65. The van der Waals surface area contributed by atoms with Gasteiger partial charge in [-0.1, -0.05) is 102 Å². The van der Waals surface area contributed by atoms with Crippen LogP contribution in [0.5, 0.6) is 0 Å².